The van der Waals surface area contributed by atoms with Crippen LogP contribution in [0, 0.1) is 5.92 Å². The van der Waals surface area contributed by atoms with Gasteiger partial charge in [0.15, 0.2) is 0 Å². The molecule has 0 aromatic heterocycles. The fraction of sp³-hybridized carbons (Fsp3) is 1.00. The van der Waals surface area contributed by atoms with Crippen LogP contribution in [0.1, 0.15) is 52.9 Å². The number of nitrogens with zero attached hydrogens (tertiary/aromatic N) is 1. The molecule has 2 rings (SSSR count). The fourth-order valence-corrected chi connectivity index (χ4v) is 3.17. The summed E-state index contributed by atoms with van der Waals surface area (Å²) in [5, 5.41) is 3.74. The van der Waals surface area contributed by atoms with Gasteiger partial charge in [0.05, 0.1) is 0 Å². The third kappa shape index (κ3) is 2.78. The highest BCUT2D eigenvalue weighted by molar-refractivity contribution is 4.95. The molecule has 2 fully saturated rings. The summed E-state index contributed by atoms with van der Waals surface area (Å²) in [6, 6.07) is 2.34. The summed E-state index contributed by atoms with van der Waals surface area (Å²) in [6.07, 6.45) is 6.94. The van der Waals surface area contributed by atoms with Crippen LogP contribution in [0.3, 0.4) is 0 Å². The molecule has 16 heavy (non-hydrogen) atoms. The first-order valence-corrected chi connectivity index (χ1v) is 7.25. The molecule has 1 saturated heterocycles. The van der Waals surface area contributed by atoms with E-state index in [0.29, 0.717) is 0 Å². The van der Waals surface area contributed by atoms with E-state index >= 15 is 0 Å². The Morgan fingerprint density at radius 3 is 2.62 bits per heavy atom. The molecule has 0 aromatic rings. The number of piperazine rings is 1. The summed E-state index contributed by atoms with van der Waals surface area (Å²) in [6.45, 7) is 9.54. The molecule has 1 N–H and O–H groups in total. The highest BCUT2D eigenvalue weighted by Gasteiger charge is 2.37. The summed E-state index contributed by atoms with van der Waals surface area (Å²) >= 11 is 0. The minimum Gasteiger partial charge on any atom is -0.311 e. The van der Waals surface area contributed by atoms with Crippen LogP contribution in [0.15, 0.2) is 0 Å². The first-order valence-electron chi connectivity index (χ1n) is 7.25. The van der Waals surface area contributed by atoms with Crippen molar-refractivity contribution in [1.82, 2.24) is 10.2 Å². The van der Waals surface area contributed by atoms with Gasteiger partial charge in [0.2, 0.25) is 0 Å². The van der Waals surface area contributed by atoms with Crippen molar-refractivity contribution in [3.63, 3.8) is 0 Å². The molecular formula is C14H28N2. The highest BCUT2D eigenvalue weighted by atomic mass is 15.3. The molecule has 94 valence electrons. The summed E-state index contributed by atoms with van der Waals surface area (Å²) in [5.74, 6) is 0.995. The van der Waals surface area contributed by atoms with Gasteiger partial charge in [-0.05, 0) is 38.5 Å². The van der Waals surface area contributed by atoms with Crippen LogP contribution in [-0.4, -0.2) is 36.1 Å². The first kappa shape index (κ1) is 12.4. The molecular weight excluding hydrogens is 196 g/mol. The minimum absolute atomic E-state index is 0.728. The molecule has 0 radical (unpaired) electrons. The third-order valence-corrected chi connectivity index (χ3v) is 4.40. The molecule has 0 amide bonds. The van der Waals surface area contributed by atoms with Crippen LogP contribution in [-0.2, 0) is 0 Å². The zero-order valence-corrected chi connectivity index (χ0v) is 11.2. The number of hydrogen-bond acceptors (Lipinski definition) is 2. The highest BCUT2D eigenvalue weighted by Crippen LogP contribution is 2.35. The predicted octanol–water partition coefficient (Wildman–Crippen LogP) is 2.64. The van der Waals surface area contributed by atoms with Gasteiger partial charge in [-0.1, -0.05) is 20.3 Å². The molecule has 2 heteroatoms. The van der Waals surface area contributed by atoms with E-state index in [9.17, 15) is 0 Å². The second-order valence-corrected chi connectivity index (χ2v) is 5.75. The van der Waals surface area contributed by atoms with E-state index in [1.165, 1.54) is 45.2 Å². The molecule has 3 unspecified atom stereocenters. The van der Waals surface area contributed by atoms with Crippen molar-refractivity contribution >= 4 is 0 Å². The summed E-state index contributed by atoms with van der Waals surface area (Å²) in [5.41, 5.74) is 0. The van der Waals surface area contributed by atoms with Crippen molar-refractivity contribution < 1.29 is 0 Å². The van der Waals surface area contributed by atoms with Gasteiger partial charge in [0.25, 0.3) is 0 Å². The van der Waals surface area contributed by atoms with Crippen LogP contribution in [0.2, 0.25) is 0 Å². The Hall–Kier alpha value is -0.0800. The third-order valence-electron chi connectivity index (χ3n) is 4.40. The van der Waals surface area contributed by atoms with Crippen molar-refractivity contribution in [2.45, 2.75) is 71.0 Å². The van der Waals surface area contributed by atoms with Gasteiger partial charge in [-0.15, -0.1) is 0 Å². The quantitative estimate of drug-likeness (QED) is 0.772. The zero-order chi connectivity index (χ0) is 11.5. The number of hydrogen-bond donors (Lipinski definition) is 1. The molecule has 1 heterocycles. The molecule has 1 aliphatic heterocycles. The van der Waals surface area contributed by atoms with Crippen molar-refractivity contribution in [2.24, 2.45) is 5.92 Å². The largest absolute Gasteiger partial charge is 0.311 e. The van der Waals surface area contributed by atoms with Gasteiger partial charge in [-0.3, -0.25) is 4.90 Å². The van der Waals surface area contributed by atoms with Crippen LogP contribution in [0.5, 0.6) is 0 Å². The average Bonchev–Trinajstić information content (AvgIpc) is 3.11. The maximum absolute atomic E-state index is 3.74. The molecule has 0 spiro atoms. The second-order valence-electron chi connectivity index (χ2n) is 5.75. The van der Waals surface area contributed by atoms with Crippen molar-refractivity contribution in [3.8, 4) is 0 Å². The lowest BCUT2D eigenvalue weighted by Crippen LogP contribution is -2.59. The van der Waals surface area contributed by atoms with E-state index in [4.69, 9.17) is 0 Å². The normalized spacial score (nSPS) is 33.9. The van der Waals surface area contributed by atoms with Crippen LogP contribution < -0.4 is 5.32 Å². The van der Waals surface area contributed by atoms with Crippen LogP contribution >= 0.6 is 0 Å². The van der Waals surface area contributed by atoms with E-state index in [0.717, 1.165) is 24.0 Å². The lowest BCUT2D eigenvalue weighted by molar-refractivity contribution is 0.0775. The molecule has 2 aliphatic rings. The molecule has 0 aromatic carbocycles. The molecule has 1 aliphatic carbocycles. The Morgan fingerprint density at radius 2 is 2.06 bits per heavy atom. The zero-order valence-electron chi connectivity index (χ0n) is 11.2. The fourth-order valence-electron chi connectivity index (χ4n) is 3.17. The van der Waals surface area contributed by atoms with Crippen molar-refractivity contribution in [2.75, 3.05) is 13.1 Å². The average molecular weight is 224 g/mol. The Bertz CT molecular complexity index is 213. The molecule has 3 atom stereocenters. The molecule has 0 bridgehead atoms. The predicted molar refractivity (Wildman–Crippen MR) is 69.7 cm³/mol. The van der Waals surface area contributed by atoms with E-state index < -0.39 is 0 Å². The Morgan fingerprint density at radius 1 is 1.31 bits per heavy atom. The SMILES string of the molecule is CCCC(CC)N1CC(C2CC2)NCC1C. The number of rotatable bonds is 5. The minimum atomic E-state index is 0.728. The van der Waals surface area contributed by atoms with E-state index in [1.54, 1.807) is 0 Å². The lowest BCUT2D eigenvalue weighted by atomic mass is 10.00. The Labute approximate surface area is 101 Å². The van der Waals surface area contributed by atoms with Gasteiger partial charge >= 0.3 is 0 Å². The van der Waals surface area contributed by atoms with E-state index in [2.05, 4.69) is 31.0 Å². The van der Waals surface area contributed by atoms with Gasteiger partial charge in [0.1, 0.15) is 0 Å². The molecule has 1 saturated carbocycles. The maximum Gasteiger partial charge on any atom is 0.0224 e. The van der Waals surface area contributed by atoms with Crippen molar-refractivity contribution in [1.29, 1.82) is 0 Å². The van der Waals surface area contributed by atoms with Gasteiger partial charge in [-0.2, -0.15) is 0 Å². The topological polar surface area (TPSA) is 15.3 Å². The Kier molecular flexibility index (Phi) is 4.26. The lowest BCUT2D eigenvalue weighted by Gasteiger charge is -2.43. The number of nitrogens with one attached hydrogen (secondary N) is 1. The summed E-state index contributed by atoms with van der Waals surface area (Å²) < 4.78 is 0. The summed E-state index contributed by atoms with van der Waals surface area (Å²) in [4.78, 5) is 2.78. The van der Waals surface area contributed by atoms with Crippen LogP contribution in [0.4, 0.5) is 0 Å². The van der Waals surface area contributed by atoms with Crippen LogP contribution in [0.25, 0.3) is 0 Å². The van der Waals surface area contributed by atoms with E-state index in [1.807, 2.05) is 0 Å². The summed E-state index contributed by atoms with van der Waals surface area (Å²) in [7, 11) is 0. The smallest absolute Gasteiger partial charge is 0.0224 e. The Balaban J connectivity index is 1.92. The maximum atomic E-state index is 3.74. The van der Waals surface area contributed by atoms with Gasteiger partial charge < -0.3 is 5.32 Å². The van der Waals surface area contributed by atoms with Crippen molar-refractivity contribution in [3.05, 3.63) is 0 Å². The molecule has 2 nitrogen and oxygen atoms in total. The monoisotopic (exact) mass is 224 g/mol. The first-order chi connectivity index (χ1) is 7.76. The standard InChI is InChI=1S/C14H28N2/c1-4-6-13(5-2)16-10-14(12-7-8-12)15-9-11(16)3/h11-15H,4-10H2,1-3H3. The van der Waals surface area contributed by atoms with Gasteiger partial charge in [-0.25, -0.2) is 0 Å². The van der Waals surface area contributed by atoms with Gasteiger partial charge in [0, 0.05) is 31.2 Å². The second kappa shape index (κ2) is 5.50. The van der Waals surface area contributed by atoms with E-state index in [-0.39, 0.29) is 0 Å².